The van der Waals surface area contributed by atoms with E-state index < -0.39 is 0 Å². The van der Waals surface area contributed by atoms with Gasteiger partial charge in [0.25, 0.3) is 5.91 Å². The molecule has 6 nitrogen and oxygen atoms in total. The van der Waals surface area contributed by atoms with E-state index in [0.717, 1.165) is 5.13 Å². The maximum atomic E-state index is 12.6. The smallest absolute Gasteiger partial charge is 0.268 e. The van der Waals surface area contributed by atoms with Crippen molar-refractivity contribution in [1.29, 1.82) is 0 Å². The van der Waals surface area contributed by atoms with Crippen LogP contribution in [0.4, 0.5) is 10.9 Å². The Morgan fingerprint density at radius 3 is 2.70 bits per heavy atom. The topological polar surface area (TPSA) is 71.7 Å². The first kappa shape index (κ1) is 15.1. The zero-order valence-electron chi connectivity index (χ0n) is 12.6. The molecule has 1 aromatic heterocycles. The van der Waals surface area contributed by atoms with Gasteiger partial charge >= 0.3 is 0 Å². The molecule has 1 aromatic rings. The lowest BCUT2D eigenvalue weighted by atomic mass is 10.1. The molecule has 1 unspecified atom stereocenters. The van der Waals surface area contributed by atoms with Gasteiger partial charge in [-0.05, 0) is 20.8 Å². The fourth-order valence-electron chi connectivity index (χ4n) is 2.42. The first-order valence-electron chi connectivity index (χ1n) is 6.60. The van der Waals surface area contributed by atoms with Crippen molar-refractivity contribution in [3.05, 3.63) is 4.88 Å². The van der Waals surface area contributed by atoms with E-state index in [1.54, 1.807) is 4.90 Å². The third kappa shape index (κ3) is 3.04. The molecule has 0 radical (unpaired) electrons. The summed E-state index contributed by atoms with van der Waals surface area (Å²) in [6, 6.07) is 0. The lowest BCUT2D eigenvalue weighted by molar-refractivity contribution is -0.118. The molecular weight excluding hydrogens is 276 g/mol. The molecule has 20 heavy (non-hydrogen) atoms. The number of amides is 1. The standard InChI is InChI=1S/C13H22N4O2S/c1-8-6-17(7-13(2,3)19-8)11(18)9-10(14)15-12(20-9)16(4)5/h8H,6-7,14H2,1-5H3. The molecular formula is C13H22N4O2S. The lowest BCUT2D eigenvalue weighted by Crippen LogP contribution is -2.53. The van der Waals surface area contributed by atoms with Gasteiger partial charge in [-0.3, -0.25) is 4.79 Å². The summed E-state index contributed by atoms with van der Waals surface area (Å²) in [5.74, 6) is 0.247. The predicted molar refractivity (Wildman–Crippen MR) is 81.4 cm³/mol. The molecule has 0 bridgehead atoms. The van der Waals surface area contributed by atoms with Crippen molar-refractivity contribution in [3.8, 4) is 0 Å². The van der Waals surface area contributed by atoms with Gasteiger partial charge in [0.15, 0.2) is 5.13 Å². The number of nitrogen functional groups attached to an aromatic ring is 1. The van der Waals surface area contributed by atoms with Gasteiger partial charge in [-0.1, -0.05) is 11.3 Å². The number of hydrogen-bond donors (Lipinski definition) is 1. The molecule has 1 fully saturated rings. The molecule has 0 spiro atoms. The second-order valence-corrected chi connectivity index (χ2v) is 6.96. The van der Waals surface area contributed by atoms with Crippen molar-refractivity contribution in [1.82, 2.24) is 9.88 Å². The van der Waals surface area contributed by atoms with Gasteiger partial charge in [-0.25, -0.2) is 4.98 Å². The summed E-state index contributed by atoms with van der Waals surface area (Å²) in [4.78, 5) is 21.0. The van der Waals surface area contributed by atoms with Gasteiger partial charge in [0.1, 0.15) is 10.7 Å². The Labute approximate surface area is 123 Å². The summed E-state index contributed by atoms with van der Waals surface area (Å²) < 4.78 is 5.82. The van der Waals surface area contributed by atoms with E-state index in [0.29, 0.717) is 23.8 Å². The number of thiazole rings is 1. The number of hydrogen-bond acceptors (Lipinski definition) is 6. The average Bonchev–Trinajstić information content (AvgIpc) is 2.68. The van der Waals surface area contributed by atoms with E-state index in [1.165, 1.54) is 11.3 Å². The largest absolute Gasteiger partial charge is 0.382 e. The summed E-state index contributed by atoms with van der Waals surface area (Å²) in [5, 5.41) is 0.742. The fourth-order valence-corrected chi connectivity index (χ4v) is 3.29. The Morgan fingerprint density at radius 2 is 2.20 bits per heavy atom. The van der Waals surface area contributed by atoms with Gasteiger partial charge < -0.3 is 20.3 Å². The number of nitrogens with two attached hydrogens (primary N) is 1. The molecule has 1 atom stereocenters. The highest BCUT2D eigenvalue weighted by Gasteiger charge is 2.35. The Kier molecular flexibility index (Phi) is 3.93. The fraction of sp³-hybridized carbons (Fsp3) is 0.692. The van der Waals surface area contributed by atoms with Crippen molar-refractivity contribution < 1.29 is 9.53 Å². The van der Waals surface area contributed by atoms with Crippen molar-refractivity contribution in [3.63, 3.8) is 0 Å². The highest BCUT2D eigenvalue weighted by atomic mass is 32.1. The third-order valence-corrected chi connectivity index (χ3v) is 4.30. The summed E-state index contributed by atoms with van der Waals surface area (Å²) in [6.45, 7) is 7.10. The molecule has 2 N–H and O–H groups in total. The molecule has 2 rings (SSSR count). The molecule has 112 valence electrons. The minimum Gasteiger partial charge on any atom is -0.382 e. The minimum atomic E-state index is -0.336. The number of rotatable bonds is 2. The first-order valence-corrected chi connectivity index (χ1v) is 7.42. The van der Waals surface area contributed by atoms with Gasteiger partial charge in [-0.2, -0.15) is 0 Å². The molecule has 0 saturated carbocycles. The van der Waals surface area contributed by atoms with Crippen molar-refractivity contribution in [2.45, 2.75) is 32.5 Å². The minimum absolute atomic E-state index is 0.0187. The Balaban J connectivity index is 2.23. The average molecular weight is 298 g/mol. The zero-order valence-corrected chi connectivity index (χ0v) is 13.5. The molecule has 1 saturated heterocycles. The van der Waals surface area contributed by atoms with Gasteiger partial charge in [0, 0.05) is 27.2 Å². The van der Waals surface area contributed by atoms with Crippen LogP contribution in [0, 0.1) is 0 Å². The van der Waals surface area contributed by atoms with Crippen LogP contribution in [0.1, 0.15) is 30.4 Å². The van der Waals surface area contributed by atoms with E-state index in [-0.39, 0.29) is 17.6 Å². The summed E-state index contributed by atoms with van der Waals surface area (Å²) >= 11 is 1.33. The normalized spacial score (nSPS) is 21.9. The van der Waals surface area contributed by atoms with Gasteiger partial charge in [0.2, 0.25) is 0 Å². The Bertz CT molecular complexity index is 512. The van der Waals surface area contributed by atoms with Crippen LogP contribution in [0.2, 0.25) is 0 Å². The van der Waals surface area contributed by atoms with Crippen LogP contribution < -0.4 is 10.6 Å². The number of nitrogens with zero attached hydrogens (tertiary/aromatic N) is 3. The van der Waals surface area contributed by atoms with Crippen molar-refractivity contribution >= 4 is 28.2 Å². The van der Waals surface area contributed by atoms with Gasteiger partial charge in [0.05, 0.1) is 11.7 Å². The number of anilines is 2. The second kappa shape index (κ2) is 5.21. The first-order chi connectivity index (χ1) is 9.19. The maximum Gasteiger partial charge on any atom is 0.268 e. The Hall–Kier alpha value is -1.34. The third-order valence-electron chi connectivity index (χ3n) is 3.08. The van der Waals surface area contributed by atoms with Crippen LogP contribution in [0.3, 0.4) is 0 Å². The number of morpholine rings is 1. The van der Waals surface area contributed by atoms with Crippen LogP contribution in [0.5, 0.6) is 0 Å². The number of carbonyl (C=O) groups is 1. The highest BCUT2D eigenvalue weighted by molar-refractivity contribution is 7.18. The number of ether oxygens (including phenoxy) is 1. The molecule has 1 aliphatic heterocycles. The van der Waals surface area contributed by atoms with E-state index in [4.69, 9.17) is 10.5 Å². The number of aromatic nitrogens is 1. The molecule has 2 heterocycles. The maximum absolute atomic E-state index is 12.6. The predicted octanol–water partition coefficient (Wildman–Crippen LogP) is 1.43. The lowest BCUT2D eigenvalue weighted by Gasteiger charge is -2.41. The van der Waals surface area contributed by atoms with Crippen LogP contribution in [-0.2, 0) is 4.74 Å². The zero-order chi connectivity index (χ0) is 15.1. The van der Waals surface area contributed by atoms with Crippen LogP contribution in [0.15, 0.2) is 0 Å². The number of carbonyl (C=O) groups excluding carboxylic acids is 1. The van der Waals surface area contributed by atoms with E-state index in [1.807, 2.05) is 39.8 Å². The quantitative estimate of drug-likeness (QED) is 0.894. The second-order valence-electron chi connectivity index (χ2n) is 5.98. The summed E-state index contributed by atoms with van der Waals surface area (Å²) in [5.41, 5.74) is 5.55. The van der Waals surface area contributed by atoms with E-state index in [2.05, 4.69) is 4.98 Å². The van der Waals surface area contributed by atoms with Crippen LogP contribution in [-0.4, -0.2) is 54.7 Å². The van der Waals surface area contributed by atoms with E-state index >= 15 is 0 Å². The molecule has 7 heteroatoms. The van der Waals surface area contributed by atoms with Crippen LogP contribution >= 0.6 is 11.3 Å². The summed E-state index contributed by atoms with van der Waals surface area (Å²) in [6.07, 6.45) is 0.0187. The summed E-state index contributed by atoms with van der Waals surface area (Å²) in [7, 11) is 3.76. The van der Waals surface area contributed by atoms with Crippen molar-refractivity contribution in [2.24, 2.45) is 0 Å². The van der Waals surface area contributed by atoms with E-state index in [9.17, 15) is 4.79 Å². The van der Waals surface area contributed by atoms with Crippen molar-refractivity contribution in [2.75, 3.05) is 37.8 Å². The molecule has 1 aliphatic rings. The van der Waals surface area contributed by atoms with Gasteiger partial charge in [-0.15, -0.1) is 0 Å². The molecule has 0 aliphatic carbocycles. The molecule has 1 amide bonds. The monoisotopic (exact) mass is 298 g/mol. The SMILES string of the molecule is CC1CN(C(=O)c2sc(N(C)C)nc2N)CC(C)(C)O1. The molecule has 0 aromatic carbocycles. The Morgan fingerprint density at radius 1 is 1.55 bits per heavy atom. The van der Waals surface area contributed by atoms with Crippen LogP contribution in [0.25, 0.3) is 0 Å². The highest BCUT2D eigenvalue weighted by Crippen LogP contribution is 2.30.